The SMILES string of the molecule is O=C(Nc1cccc(Cl)c1)Nc1nn(Cc2ccc(Cl)cc2)cc1Br. The van der Waals surface area contributed by atoms with Crippen molar-refractivity contribution in [1.29, 1.82) is 0 Å². The summed E-state index contributed by atoms with van der Waals surface area (Å²) in [4.78, 5) is 12.1. The Morgan fingerprint density at radius 3 is 2.56 bits per heavy atom. The maximum atomic E-state index is 12.1. The third-order valence-electron chi connectivity index (χ3n) is 3.29. The van der Waals surface area contributed by atoms with Crippen molar-refractivity contribution in [2.24, 2.45) is 0 Å². The van der Waals surface area contributed by atoms with Gasteiger partial charge in [0.1, 0.15) is 0 Å². The van der Waals surface area contributed by atoms with E-state index in [9.17, 15) is 4.79 Å². The Morgan fingerprint density at radius 2 is 1.84 bits per heavy atom. The summed E-state index contributed by atoms with van der Waals surface area (Å²) in [6.45, 7) is 0.563. The molecule has 0 radical (unpaired) electrons. The van der Waals surface area contributed by atoms with E-state index in [0.717, 1.165) is 5.56 Å². The van der Waals surface area contributed by atoms with E-state index in [-0.39, 0.29) is 0 Å². The van der Waals surface area contributed by atoms with Crippen molar-refractivity contribution in [1.82, 2.24) is 9.78 Å². The molecule has 5 nitrogen and oxygen atoms in total. The summed E-state index contributed by atoms with van der Waals surface area (Å²) >= 11 is 15.2. The number of anilines is 2. The Labute approximate surface area is 163 Å². The monoisotopic (exact) mass is 438 g/mol. The normalized spacial score (nSPS) is 10.5. The number of rotatable bonds is 4. The van der Waals surface area contributed by atoms with Crippen molar-refractivity contribution in [2.45, 2.75) is 6.54 Å². The van der Waals surface area contributed by atoms with Gasteiger partial charge >= 0.3 is 6.03 Å². The number of benzene rings is 2. The number of hydrogen-bond donors (Lipinski definition) is 2. The molecule has 0 saturated heterocycles. The fraction of sp³-hybridized carbons (Fsp3) is 0.0588. The minimum atomic E-state index is -0.403. The Kier molecular flexibility index (Phi) is 5.63. The van der Waals surface area contributed by atoms with Gasteiger partial charge < -0.3 is 5.32 Å². The molecule has 25 heavy (non-hydrogen) atoms. The first kappa shape index (κ1) is 17.8. The number of urea groups is 1. The number of nitrogens with zero attached hydrogens (tertiary/aromatic N) is 2. The maximum absolute atomic E-state index is 12.1. The summed E-state index contributed by atoms with van der Waals surface area (Å²) in [6.07, 6.45) is 1.80. The molecule has 1 heterocycles. The molecule has 8 heteroatoms. The number of nitrogens with one attached hydrogen (secondary N) is 2. The molecule has 0 bridgehead atoms. The number of carbonyl (C=O) groups excluding carboxylic acids is 1. The molecular formula is C17H13BrCl2N4O. The van der Waals surface area contributed by atoms with Gasteiger partial charge in [-0.25, -0.2) is 4.79 Å². The van der Waals surface area contributed by atoms with Crippen LogP contribution in [0.15, 0.2) is 59.2 Å². The van der Waals surface area contributed by atoms with E-state index in [4.69, 9.17) is 23.2 Å². The van der Waals surface area contributed by atoms with E-state index in [0.29, 0.717) is 32.6 Å². The zero-order valence-corrected chi connectivity index (χ0v) is 15.9. The Morgan fingerprint density at radius 1 is 1.08 bits per heavy atom. The highest BCUT2D eigenvalue weighted by Gasteiger charge is 2.11. The lowest BCUT2D eigenvalue weighted by Crippen LogP contribution is -2.20. The lowest BCUT2D eigenvalue weighted by molar-refractivity contribution is 0.262. The Balaban J connectivity index is 1.65. The first-order valence-electron chi connectivity index (χ1n) is 7.30. The van der Waals surface area contributed by atoms with Crippen LogP contribution in [0.1, 0.15) is 5.56 Å². The van der Waals surface area contributed by atoms with Gasteiger partial charge in [-0.1, -0.05) is 41.4 Å². The number of halogens is 3. The molecule has 2 N–H and O–H groups in total. The lowest BCUT2D eigenvalue weighted by Gasteiger charge is -2.06. The Hall–Kier alpha value is -2.02. The number of aromatic nitrogens is 2. The molecule has 0 aliphatic carbocycles. The average molecular weight is 440 g/mol. The van der Waals surface area contributed by atoms with E-state index in [1.807, 2.05) is 24.3 Å². The fourth-order valence-corrected chi connectivity index (χ4v) is 2.91. The smallest absolute Gasteiger partial charge is 0.308 e. The number of carbonyl (C=O) groups is 1. The molecule has 0 aliphatic rings. The zero-order valence-electron chi connectivity index (χ0n) is 12.8. The summed E-state index contributed by atoms with van der Waals surface area (Å²) in [5.74, 6) is 0.425. The molecule has 0 unspecified atom stereocenters. The minimum absolute atomic E-state index is 0.403. The van der Waals surface area contributed by atoms with Crippen LogP contribution in [0.5, 0.6) is 0 Å². The van der Waals surface area contributed by atoms with Crippen molar-refractivity contribution >= 4 is 56.7 Å². The average Bonchev–Trinajstić information content (AvgIpc) is 2.89. The van der Waals surface area contributed by atoms with Crippen LogP contribution in [0.3, 0.4) is 0 Å². The highest BCUT2D eigenvalue weighted by Crippen LogP contribution is 2.22. The summed E-state index contributed by atoms with van der Waals surface area (Å²) in [6, 6.07) is 14.0. The maximum Gasteiger partial charge on any atom is 0.324 e. The molecule has 2 aromatic carbocycles. The van der Waals surface area contributed by atoms with E-state index in [1.54, 1.807) is 35.1 Å². The summed E-state index contributed by atoms with van der Waals surface area (Å²) in [5.41, 5.74) is 1.65. The van der Waals surface area contributed by atoms with E-state index < -0.39 is 6.03 Å². The van der Waals surface area contributed by atoms with Gasteiger partial charge in [0.05, 0.1) is 11.0 Å². The van der Waals surface area contributed by atoms with Crippen LogP contribution in [-0.4, -0.2) is 15.8 Å². The molecule has 128 valence electrons. The summed E-state index contributed by atoms with van der Waals surface area (Å²) in [7, 11) is 0. The van der Waals surface area contributed by atoms with E-state index >= 15 is 0 Å². The molecule has 0 fully saturated rings. The van der Waals surface area contributed by atoms with Crippen LogP contribution in [0, 0.1) is 0 Å². The molecular weight excluding hydrogens is 427 g/mol. The molecule has 2 amide bonds. The second kappa shape index (κ2) is 7.91. The van der Waals surface area contributed by atoms with Gasteiger partial charge in [0.15, 0.2) is 5.82 Å². The van der Waals surface area contributed by atoms with Gasteiger partial charge in [0.25, 0.3) is 0 Å². The second-order valence-corrected chi connectivity index (χ2v) is 6.97. The van der Waals surface area contributed by atoms with Crippen LogP contribution >= 0.6 is 39.1 Å². The van der Waals surface area contributed by atoms with Crippen LogP contribution in [0.2, 0.25) is 10.0 Å². The van der Waals surface area contributed by atoms with Gasteiger partial charge in [-0.2, -0.15) is 5.10 Å². The molecule has 3 aromatic rings. The predicted molar refractivity (Wildman–Crippen MR) is 105 cm³/mol. The lowest BCUT2D eigenvalue weighted by atomic mass is 10.2. The van der Waals surface area contributed by atoms with Crippen molar-refractivity contribution < 1.29 is 4.79 Å². The van der Waals surface area contributed by atoms with Gasteiger partial charge in [0, 0.05) is 21.9 Å². The van der Waals surface area contributed by atoms with Crippen LogP contribution in [-0.2, 0) is 6.54 Å². The molecule has 0 spiro atoms. The highest BCUT2D eigenvalue weighted by atomic mass is 79.9. The summed E-state index contributed by atoms with van der Waals surface area (Å²) in [5, 5.41) is 11.0. The molecule has 0 atom stereocenters. The zero-order chi connectivity index (χ0) is 17.8. The quantitative estimate of drug-likeness (QED) is 0.552. The van der Waals surface area contributed by atoms with Crippen molar-refractivity contribution in [3.63, 3.8) is 0 Å². The topological polar surface area (TPSA) is 59.0 Å². The molecule has 1 aromatic heterocycles. The first-order chi connectivity index (χ1) is 12.0. The van der Waals surface area contributed by atoms with Crippen molar-refractivity contribution in [3.05, 3.63) is 74.8 Å². The second-order valence-electron chi connectivity index (χ2n) is 5.24. The van der Waals surface area contributed by atoms with Crippen molar-refractivity contribution in [2.75, 3.05) is 10.6 Å². The van der Waals surface area contributed by atoms with Gasteiger partial charge in [-0.15, -0.1) is 0 Å². The van der Waals surface area contributed by atoms with Crippen LogP contribution in [0.25, 0.3) is 0 Å². The highest BCUT2D eigenvalue weighted by molar-refractivity contribution is 9.10. The largest absolute Gasteiger partial charge is 0.324 e. The van der Waals surface area contributed by atoms with Gasteiger partial charge in [-0.05, 0) is 51.8 Å². The third-order valence-corrected chi connectivity index (χ3v) is 4.36. The number of amides is 2. The number of hydrogen-bond acceptors (Lipinski definition) is 2. The van der Waals surface area contributed by atoms with Gasteiger partial charge in [0.2, 0.25) is 0 Å². The first-order valence-corrected chi connectivity index (χ1v) is 8.85. The van der Waals surface area contributed by atoms with Gasteiger partial charge in [-0.3, -0.25) is 10.00 Å². The van der Waals surface area contributed by atoms with Crippen molar-refractivity contribution in [3.8, 4) is 0 Å². The summed E-state index contributed by atoms with van der Waals surface area (Å²) < 4.78 is 2.41. The third kappa shape index (κ3) is 4.98. The standard InChI is InChI=1S/C17H13BrCl2N4O/c18-15-10-24(9-11-4-6-12(19)7-5-11)23-16(15)22-17(25)21-14-3-1-2-13(20)8-14/h1-8,10H,9H2,(H2,21,22,23,25). The molecule has 0 aliphatic heterocycles. The Bertz CT molecular complexity index is 896. The molecule has 0 saturated carbocycles. The minimum Gasteiger partial charge on any atom is -0.308 e. The predicted octanol–water partition coefficient (Wildman–Crippen LogP) is 5.64. The van der Waals surface area contributed by atoms with Crippen LogP contribution in [0.4, 0.5) is 16.3 Å². The van der Waals surface area contributed by atoms with E-state index in [2.05, 4.69) is 31.7 Å². The molecule has 3 rings (SSSR count). The fourth-order valence-electron chi connectivity index (χ4n) is 2.18. The van der Waals surface area contributed by atoms with E-state index in [1.165, 1.54) is 0 Å². The van der Waals surface area contributed by atoms with Crippen LogP contribution < -0.4 is 10.6 Å².